The van der Waals surface area contributed by atoms with Crippen LogP contribution in [-0.2, 0) is 34.7 Å². The molecule has 144 valence electrons. The van der Waals surface area contributed by atoms with Gasteiger partial charge in [0.15, 0.2) is 12.4 Å². The molecule has 4 rings (SSSR count). The Labute approximate surface area is 168 Å². The van der Waals surface area contributed by atoms with Crippen molar-refractivity contribution in [2.24, 2.45) is 0 Å². The molecule has 0 bridgehead atoms. The van der Waals surface area contributed by atoms with E-state index in [2.05, 4.69) is 4.98 Å². The molecule has 0 saturated carbocycles. The first-order valence-corrected chi connectivity index (χ1v) is 10.8. The molecule has 5 nitrogen and oxygen atoms in total. The van der Waals surface area contributed by atoms with Gasteiger partial charge in [-0.2, -0.15) is 11.8 Å². The van der Waals surface area contributed by atoms with Crippen molar-refractivity contribution < 1.29 is 14.3 Å². The van der Waals surface area contributed by atoms with Crippen molar-refractivity contribution in [1.82, 2.24) is 9.55 Å². The van der Waals surface area contributed by atoms with E-state index in [1.807, 2.05) is 53.3 Å². The Kier molecular flexibility index (Phi) is 5.48. The van der Waals surface area contributed by atoms with Crippen LogP contribution in [0.25, 0.3) is 11.0 Å². The van der Waals surface area contributed by atoms with Gasteiger partial charge in [0.25, 0.3) is 0 Å². The molecular formula is C22H22N2O3S. The molecule has 28 heavy (non-hydrogen) atoms. The average molecular weight is 394 g/mol. The van der Waals surface area contributed by atoms with Gasteiger partial charge in [0, 0.05) is 5.56 Å². The number of thioether (sulfide) groups is 1. The number of rotatable bonds is 7. The molecular weight excluding hydrogens is 372 g/mol. The summed E-state index contributed by atoms with van der Waals surface area (Å²) in [5.41, 5.74) is 4.93. The van der Waals surface area contributed by atoms with Crippen molar-refractivity contribution >= 4 is 34.5 Å². The number of imidazole rings is 1. The number of ketones is 1. The van der Waals surface area contributed by atoms with Crippen LogP contribution >= 0.6 is 11.8 Å². The molecule has 6 heteroatoms. The van der Waals surface area contributed by atoms with Crippen molar-refractivity contribution in [2.75, 3.05) is 12.9 Å². The number of nitrogens with zero attached hydrogens (tertiary/aromatic N) is 2. The number of esters is 1. The van der Waals surface area contributed by atoms with Gasteiger partial charge < -0.3 is 9.30 Å². The number of benzene rings is 2. The first-order valence-electron chi connectivity index (χ1n) is 9.39. The quantitative estimate of drug-likeness (QED) is 0.450. The van der Waals surface area contributed by atoms with Crippen LogP contribution in [0.2, 0.25) is 0 Å². The summed E-state index contributed by atoms with van der Waals surface area (Å²) in [5.74, 6) is 0.939. The monoisotopic (exact) mass is 394 g/mol. The summed E-state index contributed by atoms with van der Waals surface area (Å²) in [6.07, 6.45) is 5.23. The molecule has 0 radical (unpaired) electrons. The molecule has 2 aromatic carbocycles. The first-order chi connectivity index (χ1) is 13.7. The molecule has 3 aromatic rings. The van der Waals surface area contributed by atoms with Crippen molar-refractivity contribution in [3.8, 4) is 0 Å². The maximum absolute atomic E-state index is 12.4. The van der Waals surface area contributed by atoms with E-state index >= 15 is 0 Å². The van der Waals surface area contributed by atoms with Crippen molar-refractivity contribution in [3.63, 3.8) is 0 Å². The lowest BCUT2D eigenvalue weighted by Crippen LogP contribution is -2.19. The summed E-state index contributed by atoms with van der Waals surface area (Å²) in [5, 5.41) is 0. The molecule has 1 aromatic heterocycles. The van der Waals surface area contributed by atoms with E-state index in [0.29, 0.717) is 11.3 Å². The predicted octanol–water partition coefficient (Wildman–Crippen LogP) is 3.81. The van der Waals surface area contributed by atoms with Gasteiger partial charge in [0.05, 0.1) is 16.8 Å². The number of hydrogen-bond donors (Lipinski definition) is 0. The topological polar surface area (TPSA) is 61.2 Å². The molecule has 0 unspecified atom stereocenters. The van der Waals surface area contributed by atoms with Gasteiger partial charge in [-0.05, 0) is 54.8 Å². The van der Waals surface area contributed by atoms with Gasteiger partial charge in [0.1, 0.15) is 12.4 Å². The van der Waals surface area contributed by atoms with Gasteiger partial charge in [0.2, 0.25) is 0 Å². The number of para-hydroxylation sites is 2. The standard InChI is InChI=1S/C22H22N2O3S/c1-28-14-21-23-18-7-2-3-8-19(18)24(21)12-22(26)27-13-20(25)17-10-9-15-5-4-6-16(15)11-17/h2-3,7-11H,4-6,12-14H2,1H3. The van der Waals surface area contributed by atoms with E-state index in [-0.39, 0.29) is 18.9 Å². The molecule has 0 N–H and O–H groups in total. The number of hydrogen-bond acceptors (Lipinski definition) is 5. The van der Waals surface area contributed by atoms with Gasteiger partial charge in [-0.1, -0.05) is 24.3 Å². The average Bonchev–Trinajstić information content (AvgIpc) is 3.31. The SMILES string of the molecule is CSCc1nc2ccccc2n1CC(=O)OCC(=O)c1ccc2c(c1)CCC2. The number of Topliss-reactive ketones (excluding diaryl/α,β-unsaturated/α-hetero) is 1. The lowest BCUT2D eigenvalue weighted by atomic mass is 10.0. The Balaban J connectivity index is 1.43. The van der Waals surface area contributed by atoms with Gasteiger partial charge in [-0.15, -0.1) is 0 Å². The van der Waals surface area contributed by atoms with Crippen LogP contribution in [-0.4, -0.2) is 34.2 Å². The van der Waals surface area contributed by atoms with E-state index in [1.54, 1.807) is 11.8 Å². The van der Waals surface area contributed by atoms with Crippen LogP contribution in [0.5, 0.6) is 0 Å². The predicted molar refractivity (Wildman–Crippen MR) is 111 cm³/mol. The number of carbonyl (C=O) groups excluding carboxylic acids is 2. The first kappa shape index (κ1) is 18.7. The van der Waals surface area contributed by atoms with Crippen LogP contribution in [0.15, 0.2) is 42.5 Å². The zero-order valence-electron chi connectivity index (χ0n) is 15.8. The van der Waals surface area contributed by atoms with Gasteiger partial charge >= 0.3 is 5.97 Å². The highest BCUT2D eigenvalue weighted by molar-refractivity contribution is 7.97. The molecule has 0 amide bonds. The van der Waals surface area contributed by atoms with Gasteiger partial charge in [-0.25, -0.2) is 4.98 Å². The minimum Gasteiger partial charge on any atom is -0.456 e. The highest BCUT2D eigenvalue weighted by Gasteiger charge is 2.17. The highest BCUT2D eigenvalue weighted by Crippen LogP contribution is 2.23. The van der Waals surface area contributed by atoms with Crippen LogP contribution in [0.1, 0.15) is 33.7 Å². The Morgan fingerprint density at radius 1 is 1.14 bits per heavy atom. The van der Waals surface area contributed by atoms with Gasteiger partial charge in [-0.3, -0.25) is 9.59 Å². The fourth-order valence-corrected chi connectivity index (χ4v) is 4.17. The number of aromatic nitrogens is 2. The second-order valence-electron chi connectivity index (χ2n) is 6.96. The van der Waals surface area contributed by atoms with Crippen molar-refractivity contribution in [1.29, 1.82) is 0 Å². The number of fused-ring (bicyclic) bond motifs is 2. The lowest BCUT2D eigenvalue weighted by molar-refractivity contribution is -0.143. The Morgan fingerprint density at radius 3 is 2.82 bits per heavy atom. The van der Waals surface area contributed by atoms with Crippen molar-refractivity contribution in [2.45, 2.75) is 31.6 Å². The largest absolute Gasteiger partial charge is 0.456 e. The van der Waals surface area contributed by atoms with E-state index in [0.717, 1.165) is 36.1 Å². The zero-order chi connectivity index (χ0) is 19.5. The molecule has 0 fully saturated rings. The summed E-state index contributed by atoms with van der Waals surface area (Å²) in [4.78, 5) is 29.4. The fraction of sp³-hybridized carbons (Fsp3) is 0.318. The third kappa shape index (κ3) is 3.83. The maximum atomic E-state index is 12.4. The lowest BCUT2D eigenvalue weighted by Gasteiger charge is -2.09. The second-order valence-corrected chi connectivity index (χ2v) is 7.82. The van der Waals surface area contributed by atoms with Crippen LogP contribution in [0, 0.1) is 0 Å². The molecule has 0 aliphatic heterocycles. The highest BCUT2D eigenvalue weighted by atomic mass is 32.2. The minimum atomic E-state index is -0.431. The maximum Gasteiger partial charge on any atom is 0.326 e. The number of carbonyl (C=O) groups is 2. The third-order valence-electron chi connectivity index (χ3n) is 5.08. The molecule has 1 aliphatic carbocycles. The van der Waals surface area contributed by atoms with E-state index in [9.17, 15) is 9.59 Å². The summed E-state index contributed by atoms with van der Waals surface area (Å²) in [6, 6.07) is 13.5. The molecule has 0 atom stereocenters. The number of ether oxygens (including phenoxy) is 1. The fourth-order valence-electron chi connectivity index (χ4n) is 3.69. The van der Waals surface area contributed by atoms with E-state index in [4.69, 9.17) is 4.74 Å². The normalized spacial score (nSPS) is 12.9. The van der Waals surface area contributed by atoms with Crippen LogP contribution in [0.4, 0.5) is 0 Å². The molecule has 0 saturated heterocycles. The summed E-state index contributed by atoms with van der Waals surface area (Å²) < 4.78 is 7.16. The Bertz CT molecular complexity index is 1040. The summed E-state index contributed by atoms with van der Waals surface area (Å²) in [7, 11) is 0. The summed E-state index contributed by atoms with van der Waals surface area (Å²) >= 11 is 1.65. The Hall–Kier alpha value is -2.60. The zero-order valence-corrected chi connectivity index (χ0v) is 16.6. The minimum absolute atomic E-state index is 0.0495. The van der Waals surface area contributed by atoms with E-state index in [1.165, 1.54) is 11.1 Å². The number of aryl methyl sites for hydroxylation is 2. The van der Waals surface area contributed by atoms with E-state index < -0.39 is 5.97 Å². The molecule has 0 spiro atoms. The second kappa shape index (κ2) is 8.19. The Morgan fingerprint density at radius 2 is 1.96 bits per heavy atom. The molecule has 1 heterocycles. The van der Waals surface area contributed by atoms with Crippen molar-refractivity contribution in [3.05, 3.63) is 65.0 Å². The smallest absolute Gasteiger partial charge is 0.326 e. The third-order valence-corrected chi connectivity index (χ3v) is 5.63. The van der Waals surface area contributed by atoms with Crippen LogP contribution in [0.3, 0.4) is 0 Å². The van der Waals surface area contributed by atoms with Crippen LogP contribution < -0.4 is 0 Å². The summed E-state index contributed by atoms with van der Waals surface area (Å²) in [6.45, 7) is -0.185. The molecule has 1 aliphatic rings.